The predicted octanol–water partition coefficient (Wildman–Crippen LogP) is 0.647. The Morgan fingerprint density at radius 2 is 2.29 bits per heavy atom. The van der Waals surface area contributed by atoms with Crippen LogP contribution in [0, 0.1) is 5.92 Å². The first-order valence-corrected chi connectivity index (χ1v) is 5.42. The van der Waals surface area contributed by atoms with Crippen molar-refractivity contribution in [2.45, 2.75) is 19.8 Å². The van der Waals surface area contributed by atoms with E-state index in [0.717, 1.165) is 13.1 Å². The molecule has 0 saturated carbocycles. The van der Waals surface area contributed by atoms with Gasteiger partial charge in [0.05, 0.1) is 0 Å². The highest BCUT2D eigenvalue weighted by atomic mass is 16.2. The third kappa shape index (κ3) is 3.96. The Balaban J connectivity index is 2.14. The van der Waals surface area contributed by atoms with E-state index in [-0.39, 0.29) is 6.03 Å². The third-order valence-electron chi connectivity index (χ3n) is 2.61. The lowest BCUT2D eigenvalue weighted by Crippen LogP contribution is -2.42. The van der Waals surface area contributed by atoms with Gasteiger partial charge in [0.2, 0.25) is 0 Å². The maximum absolute atomic E-state index is 11.1. The summed E-state index contributed by atoms with van der Waals surface area (Å²) in [6, 6.07) is -0.0410. The van der Waals surface area contributed by atoms with Gasteiger partial charge < -0.3 is 15.5 Å². The number of amides is 2. The lowest BCUT2D eigenvalue weighted by atomic mass is 9.99. The molecule has 4 nitrogen and oxygen atoms in total. The van der Waals surface area contributed by atoms with Crippen LogP contribution in [0.25, 0.3) is 0 Å². The van der Waals surface area contributed by atoms with Crippen molar-refractivity contribution >= 4 is 6.03 Å². The van der Waals surface area contributed by atoms with Crippen LogP contribution in [-0.2, 0) is 0 Å². The Labute approximate surface area is 86.0 Å². The van der Waals surface area contributed by atoms with Crippen LogP contribution in [0.2, 0.25) is 0 Å². The van der Waals surface area contributed by atoms with Gasteiger partial charge in [0, 0.05) is 19.6 Å². The highest BCUT2D eigenvalue weighted by Gasteiger charge is 2.17. The summed E-state index contributed by atoms with van der Waals surface area (Å²) >= 11 is 0. The molecule has 1 fully saturated rings. The smallest absolute Gasteiger partial charge is 0.314 e. The highest BCUT2D eigenvalue weighted by Crippen LogP contribution is 2.13. The predicted molar refractivity (Wildman–Crippen MR) is 57.3 cm³/mol. The normalized spacial score (nSPS) is 23.1. The van der Waals surface area contributed by atoms with Gasteiger partial charge in [-0.1, -0.05) is 0 Å². The molecule has 4 heteroatoms. The third-order valence-corrected chi connectivity index (χ3v) is 2.61. The largest absolute Gasteiger partial charge is 0.338 e. The number of urea groups is 1. The lowest BCUT2D eigenvalue weighted by Gasteiger charge is -2.29. The second-order valence-electron chi connectivity index (χ2n) is 4.01. The molecule has 1 aliphatic rings. The Bertz CT molecular complexity index is 184. The molecule has 82 valence electrons. The molecular weight excluding hydrogens is 178 g/mol. The Morgan fingerprint density at radius 1 is 1.50 bits per heavy atom. The van der Waals surface area contributed by atoms with Gasteiger partial charge in [-0.25, -0.2) is 4.79 Å². The number of rotatable bonds is 3. The number of hydrogen-bond acceptors (Lipinski definition) is 2. The van der Waals surface area contributed by atoms with Crippen molar-refractivity contribution in [2.75, 3.05) is 33.2 Å². The lowest BCUT2D eigenvalue weighted by molar-refractivity contribution is 0.202. The molecule has 2 N–H and O–H groups in total. The van der Waals surface area contributed by atoms with Crippen LogP contribution in [0.1, 0.15) is 19.8 Å². The Morgan fingerprint density at radius 3 is 2.93 bits per heavy atom. The SMILES string of the molecule is CCNC(=O)NCC1CCCN(C)C1. The van der Waals surface area contributed by atoms with Gasteiger partial charge in [0.25, 0.3) is 0 Å². The van der Waals surface area contributed by atoms with Gasteiger partial charge >= 0.3 is 6.03 Å². The van der Waals surface area contributed by atoms with E-state index in [9.17, 15) is 4.79 Å². The molecule has 0 spiro atoms. The monoisotopic (exact) mass is 199 g/mol. The molecule has 14 heavy (non-hydrogen) atoms. The summed E-state index contributed by atoms with van der Waals surface area (Å²) in [6.45, 7) is 5.71. The van der Waals surface area contributed by atoms with E-state index < -0.39 is 0 Å². The highest BCUT2D eigenvalue weighted by molar-refractivity contribution is 5.73. The van der Waals surface area contributed by atoms with Crippen LogP contribution in [0.4, 0.5) is 4.79 Å². The van der Waals surface area contributed by atoms with Crippen LogP contribution >= 0.6 is 0 Å². The van der Waals surface area contributed by atoms with E-state index in [1.807, 2.05) is 6.92 Å². The quantitative estimate of drug-likeness (QED) is 0.701. The average molecular weight is 199 g/mol. The maximum atomic E-state index is 11.1. The number of likely N-dealkylation sites (tertiary alicyclic amines) is 1. The molecule has 0 radical (unpaired) electrons. The average Bonchev–Trinajstić information content (AvgIpc) is 2.15. The van der Waals surface area contributed by atoms with E-state index in [4.69, 9.17) is 0 Å². The molecule has 0 aliphatic carbocycles. The van der Waals surface area contributed by atoms with Crippen molar-refractivity contribution in [3.63, 3.8) is 0 Å². The number of carbonyl (C=O) groups excluding carboxylic acids is 1. The molecule has 1 heterocycles. The number of nitrogens with zero attached hydrogens (tertiary/aromatic N) is 1. The molecule has 1 unspecified atom stereocenters. The molecule has 1 atom stereocenters. The zero-order chi connectivity index (χ0) is 10.4. The van der Waals surface area contributed by atoms with Crippen LogP contribution in [0.3, 0.4) is 0 Å². The van der Waals surface area contributed by atoms with E-state index in [1.54, 1.807) is 0 Å². The van der Waals surface area contributed by atoms with E-state index >= 15 is 0 Å². The number of carbonyl (C=O) groups is 1. The topological polar surface area (TPSA) is 44.4 Å². The van der Waals surface area contributed by atoms with Gasteiger partial charge in [-0.15, -0.1) is 0 Å². The van der Waals surface area contributed by atoms with Gasteiger partial charge in [-0.3, -0.25) is 0 Å². The molecule has 1 saturated heterocycles. The van der Waals surface area contributed by atoms with Crippen molar-refractivity contribution < 1.29 is 4.79 Å². The van der Waals surface area contributed by atoms with Crippen molar-refractivity contribution in [1.29, 1.82) is 0 Å². The van der Waals surface area contributed by atoms with Crippen molar-refractivity contribution in [3.05, 3.63) is 0 Å². The molecular formula is C10H21N3O. The summed E-state index contributed by atoms with van der Waals surface area (Å²) in [5.74, 6) is 0.622. The summed E-state index contributed by atoms with van der Waals surface area (Å²) < 4.78 is 0. The van der Waals surface area contributed by atoms with Crippen LogP contribution in [-0.4, -0.2) is 44.2 Å². The Kier molecular flexibility index (Phi) is 4.73. The van der Waals surface area contributed by atoms with E-state index in [2.05, 4.69) is 22.6 Å². The molecule has 0 aromatic heterocycles. The number of nitrogens with one attached hydrogen (secondary N) is 2. The summed E-state index contributed by atoms with van der Waals surface area (Å²) in [6.07, 6.45) is 2.48. The molecule has 0 aromatic carbocycles. The summed E-state index contributed by atoms with van der Waals surface area (Å²) in [7, 11) is 2.14. The minimum absolute atomic E-state index is 0.0410. The molecule has 2 amide bonds. The molecule has 1 aliphatic heterocycles. The summed E-state index contributed by atoms with van der Waals surface area (Å²) in [5.41, 5.74) is 0. The summed E-state index contributed by atoms with van der Waals surface area (Å²) in [5, 5.41) is 5.63. The number of hydrogen-bond donors (Lipinski definition) is 2. The fourth-order valence-electron chi connectivity index (χ4n) is 1.90. The van der Waals surface area contributed by atoms with Gasteiger partial charge in [0.15, 0.2) is 0 Å². The Hall–Kier alpha value is -0.770. The van der Waals surface area contributed by atoms with Crippen molar-refractivity contribution in [1.82, 2.24) is 15.5 Å². The minimum atomic E-state index is -0.0410. The van der Waals surface area contributed by atoms with Crippen LogP contribution in [0.15, 0.2) is 0 Å². The first kappa shape index (κ1) is 11.3. The first-order chi connectivity index (χ1) is 6.72. The maximum Gasteiger partial charge on any atom is 0.314 e. The fraction of sp³-hybridized carbons (Fsp3) is 0.900. The van der Waals surface area contributed by atoms with Crippen molar-refractivity contribution in [2.24, 2.45) is 5.92 Å². The second kappa shape index (κ2) is 5.86. The zero-order valence-electron chi connectivity index (χ0n) is 9.18. The first-order valence-electron chi connectivity index (χ1n) is 5.42. The standard InChI is InChI=1S/C10H21N3O/c1-3-11-10(14)12-7-9-5-4-6-13(2)8-9/h9H,3-8H2,1-2H3,(H2,11,12,14). The number of piperidine rings is 1. The molecule has 0 aromatic rings. The zero-order valence-corrected chi connectivity index (χ0v) is 9.18. The van der Waals surface area contributed by atoms with Crippen LogP contribution < -0.4 is 10.6 Å². The fourth-order valence-corrected chi connectivity index (χ4v) is 1.90. The van der Waals surface area contributed by atoms with Crippen LogP contribution in [0.5, 0.6) is 0 Å². The minimum Gasteiger partial charge on any atom is -0.338 e. The van der Waals surface area contributed by atoms with Gasteiger partial charge in [-0.2, -0.15) is 0 Å². The van der Waals surface area contributed by atoms with E-state index in [0.29, 0.717) is 12.5 Å². The second-order valence-corrected chi connectivity index (χ2v) is 4.01. The van der Waals surface area contributed by atoms with Crippen molar-refractivity contribution in [3.8, 4) is 0 Å². The molecule has 1 rings (SSSR count). The van der Waals surface area contributed by atoms with Gasteiger partial charge in [0.1, 0.15) is 0 Å². The summed E-state index contributed by atoms with van der Waals surface area (Å²) in [4.78, 5) is 13.5. The van der Waals surface area contributed by atoms with E-state index in [1.165, 1.54) is 19.4 Å². The molecule has 0 bridgehead atoms. The van der Waals surface area contributed by atoms with Gasteiger partial charge in [-0.05, 0) is 39.3 Å².